The van der Waals surface area contributed by atoms with Crippen molar-refractivity contribution in [2.75, 3.05) is 0 Å². The number of carboxylic acid groups (broad SMARTS) is 1. The van der Waals surface area contributed by atoms with E-state index in [0.29, 0.717) is 10.6 Å². The van der Waals surface area contributed by atoms with E-state index in [1.54, 1.807) is 6.07 Å². The number of aromatic carboxylic acids is 1. The van der Waals surface area contributed by atoms with Crippen molar-refractivity contribution < 1.29 is 9.90 Å². The van der Waals surface area contributed by atoms with E-state index in [4.69, 9.17) is 11.6 Å². The topological polar surface area (TPSA) is 42.2 Å². The van der Waals surface area contributed by atoms with Crippen LogP contribution in [0.4, 0.5) is 0 Å². The number of halogens is 1. The van der Waals surface area contributed by atoms with E-state index in [0.717, 1.165) is 17.0 Å². The molecule has 1 heterocycles. The van der Waals surface area contributed by atoms with Crippen LogP contribution in [0.15, 0.2) is 30.3 Å². The zero-order chi connectivity index (χ0) is 14.2. The maximum Gasteiger partial charge on any atom is 0.337 e. The van der Waals surface area contributed by atoms with E-state index in [9.17, 15) is 9.90 Å². The van der Waals surface area contributed by atoms with Crippen molar-refractivity contribution in [3.05, 3.63) is 46.6 Å². The van der Waals surface area contributed by atoms with Gasteiger partial charge in [-0.15, -0.1) is 0 Å². The Kier molecular flexibility index (Phi) is 3.67. The second kappa shape index (κ2) is 5.10. The molecule has 0 bridgehead atoms. The molecule has 0 spiro atoms. The van der Waals surface area contributed by atoms with Crippen molar-refractivity contribution in [3.8, 4) is 11.3 Å². The highest BCUT2D eigenvalue weighted by molar-refractivity contribution is 6.30. The largest absolute Gasteiger partial charge is 0.478 e. The molecule has 0 saturated heterocycles. The van der Waals surface area contributed by atoms with Gasteiger partial charge in [0.1, 0.15) is 0 Å². The number of carboxylic acids is 1. The molecule has 2 aromatic rings. The maximum atomic E-state index is 11.3. The molecule has 3 nitrogen and oxygen atoms in total. The summed E-state index contributed by atoms with van der Waals surface area (Å²) in [5, 5.41) is 9.91. The first-order valence-corrected chi connectivity index (χ1v) is 6.50. The van der Waals surface area contributed by atoms with Crippen LogP contribution in [0, 0.1) is 6.92 Å². The van der Waals surface area contributed by atoms with Crippen LogP contribution in [-0.2, 0) is 0 Å². The molecule has 0 fully saturated rings. The molecule has 19 heavy (non-hydrogen) atoms. The van der Waals surface area contributed by atoms with E-state index < -0.39 is 5.97 Å². The summed E-state index contributed by atoms with van der Waals surface area (Å²) in [6, 6.07) is 9.34. The SMILES string of the molecule is Cc1c(C(=O)O)cc(-c2ccc(Cl)cc2)n1C(C)C. The third-order valence-electron chi connectivity index (χ3n) is 3.18. The average molecular weight is 278 g/mol. The molecule has 0 unspecified atom stereocenters. The quantitative estimate of drug-likeness (QED) is 0.904. The summed E-state index contributed by atoms with van der Waals surface area (Å²) >= 11 is 5.89. The summed E-state index contributed by atoms with van der Waals surface area (Å²) in [6.45, 7) is 5.92. The third-order valence-corrected chi connectivity index (χ3v) is 3.43. The third kappa shape index (κ3) is 2.51. The van der Waals surface area contributed by atoms with Gasteiger partial charge in [-0.3, -0.25) is 0 Å². The summed E-state index contributed by atoms with van der Waals surface area (Å²) in [6.07, 6.45) is 0. The van der Waals surface area contributed by atoms with Gasteiger partial charge >= 0.3 is 5.97 Å². The first-order chi connectivity index (χ1) is 8.91. The monoisotopic (exact) mass is 277 g/mol. The van der Waals surface area contributed by atoms with Gasteiger partial charge in [-0.2, -0.15) is 0 Å². The Morgan fingerprint density at radius 3 is 2.32 bits per heavy atom. The number of benzene rings is 1. The van der Waals surface area contributed by atoms with Gasteiger partial charge in [0.15, 0.2) is 0 Å². The Morgan fingerprint density at radius 1 is 1.26 bits per heavy atom. The second-order valence-corrected chi connectivity index (χ2v) is 5.24. The fourth-order valence-electron chi connectivity index (χ4n) is 2.35. The Hall–Kier alpha value is -1.74. The van der Waals surface area contributed by atoms with Gasteiger partial charge in [-0.05, 0) is 44.5 Å². The molecule has 0 aliphatic heterocycles. The van der Waals surface area contributed by atoms with Gasteiger partial charge in [-0.25, -0.2) is 4.79 Å². The number of rotatable bonds is 3. The number of nitrogens with zero attached hydrogens (tertiary/aromatic N) is 1. The van der Waals surface area contributed by atoms with Crippen molar-refractivity contribution in [1.82, 2.24) is 4.57 Å². The van der Waals surface area contributed by atoms with Crippen LogP contribution in [0.3, 0.4) is 0 Å². The molecule has 0 atom stereocenters. The van der Waals surface area contributed by atoms with E-state index in [2.05, 4.69) is 0 Å². The second-order valence-electron chi connectivity index (χ2n) is 4.80. The maximum absolute atomic E-state index is 11.3. The fourth-order valence-corrected chi connectivity index (χ4v) is 2.47. The lowest BCUT2D eigenvalue weighted by Crippen LogP contribution is -2.06. The molecule has 0 radical (unpaired) electrons. The summed E-state index contributed by atoms with van der Waals surface area (Å²) in [5.74, 6) is -0.896. The van der Waals surface area contributed by atoms with Crippen LogP contribution >= 0.6 is 11.6 Å². The van der Waals surface area contributed by atoms with Crippen LogP contribution in [0.25, 0.3) is 11.3 Å². The molecular weight excluding hydrogens is 262 g/mol. The smallest absolute Gasteiger partial charge is 0.337 e. The molecule has 1 aromatic heterocycles. The highest BCUT2D eigenvalue weighted by Gasteiger charge is 2.19. The highest BCUT2D eigenvalue weighted by Crippen LogP contribution is 2.30. The van der Waals surface area contributed by atoms with Gasteiger partial charge in [0.2, 0.25) is 0 Å². The molecule has 100 valence electrons. The van der Waals surface area contributed by atoms with E-state index in [1.165, 1.54) is 0 Å². The zero-order valence-electron chi connectivity index (χ0n) is 11.1. The van der Waals surface area contributed by atoms with Crippen LogP contribution in [0.1, 0.15) is 35.9 Å². The molecule has 0 aliphatic rings. The van der Waals surface area contributed by atoms with E-state index in [1.807, 2.05) is 49.6 Å². The molecular formula is C15H16ClNO2. The Labute approximate surface area is 117 Å². The van der Waals surface area contributed by atoms with E-state index >= 15 is 0 Å². The standard InChI is InChI=1S/C15H16ClNO2/c1-9(2)17-10(3)13(15(18)19)8-14(17)11-4-6-12(16)7-5-11/h4-9H,1-3H3,(H,18,19). The minimum Gasteiger partial charge on any atom is -0.478 e. The van der Waals surface area contributed by atoms with Gasteiger partial charge in [-0.1, -0.05) is 23.7 Å². The predicted octanol–water partition coefficient (Wildman–Crippen LogP) is 4.40. The van der Waals surface area contributed by atoms with Gasteiger partial charge in [0, 0.05) is 22.5 Å². The van der Waals surface area contributed by atoms with Crippen LogP contribution in [0.2, 0.25) is 5.02 Å². The lowest BCUT2D eigenvalue weighted by molar-refractivity contribution is 0.0696. The number of aromatic nitrogens is 1. The lowest BCUT2D eigenvalue weighted by Gasteiger charge is -2.15. The van der Waals surface area contributed by atoms with Crippen molar-refractivity contribution in [1.29, 1.82) is 0 Å². The number of carbonyl (C=O) groups is 1. The molecule has 1 N–H and O–H groups in total. The van der Waals surface area contributed by atoms with E-state index in [-0.39, 0.29) is 6.04 Å². The molecule has 1 aromatic carbocycles. The fraction of sp³-hybridized carbons (Fsp3) is 0.267. The Morgan fingerprint density at radius 2 is 1.84 bits per heavy atom. The molecule has 0 amide bonds. The van der Waals surface area contributed by atoms with Crippen molar-refractivity contribution in [2.45, 2.75) is 26.8 Å². The molecule has 4 heteroatoms. The van der Waals surface area contributed by atoms with Crippen molar-refractivity contribution >= 4 is 17.6 Å². The Balaban J connectivity index is 2.65. The van der Waals surface area contributed by atoms with Gasteiger partial charge in [0.25, 0.3) is 0 Å². The minimum absolute atomic E-state index is 0.193. The Bertz CT molecular complexity index is 612. The minimum atomic E-state index is -0.896. The first-order valence-electron chi connectivity index (χ1n) is 6.13. The van der Waals surface area contributed by atoms with Crippen molar-refractivity contribution in [3.63, 3.8) is 0 Å². The first kappa shape index (κ1) is 13.7. The molecule has 2 rings (SSSR count). The molecule has 0 aliphatic carbocycles. The van der Waals surface area contributed by atoms with Crippen LogP contribution < -0.4 is 0 Å². The van der Waals surface area contributed by atoms with Crippen molar-refractivity contribution in [2.24, 2.45) is 0 Å². The predicted molar refractivity (Wildman–Crippen MR) is 77.0 cm³/mol. The number of hydrogen-bond donors (Lipinski definition) is 1. The summed E-state index contributed by atoms with van der Waals surface area (Å²) in [5.41, 5.74) is 2.99. The van der Waals surface area contributed by atoms with Gasteiger partial charge < -0.3 is 9.67 Å². The zero-order valence-corrected chi connectivity index (χ0v) is 11.9. The highest BCUT2D eigenvalue weighted by atomic mass is 35.5. The average Bonchev–Trinajstić information content (AvgIpc) is 2.68. The number of hydrogen-bond acceptors (Lipinski definition) is 1. The summed E-state index contributed by atoms with van der Waals surface area (Å²) < 4.78 is 2.03. The van der Waals surface area contributed by atoms with Crippen LogP contribution in [0.5, 0.6) is 0 Å². The normalized spacial score (nSPS) is 11.0. The molecule has 0 saturated carbocycles. The van der Waals surface area contributed by atoms with Crippen LogP contribution in [-0.4, -0.2) is 15.6 Å². The summed E-state index contributed by atoms with van der Waals surface area (Å²) in [7, 11) is 0. The lowest BCUT2D eigenvalue weighted by atomic mass is 10.1. The summed E-state index contributed by atoms with van der Waals surface area (Å²) in [4.78, 5) is 11.3. The van der Waals surface area contributed by atoms with Gasteiger partial charge in [0.05, 0.1) is 5.56 Å².